The fourth-order valence-corrected chi connectivity index (χ4v) is 10.4. The maximum Gasteiger partial charge on any atom is 0.361 e. The van der Waals surface area contributed by atoms with Crippen molar-refractivity contribution in [2.75, 3.05) is 47.5 Å². The van der Waals surface area contributed by atoms with Crippen LogP contribution in [0.2, 0.25) is 0 Å². The average molecular weight is 1240 g/mol. The van der Waals surface area contributed by atoms with Crippen molar-refractivity contribution in [3.8, 4) is 0 Å². The summed E-state index contributed by atoms with van der Waals surface area (Å²) < 4.78 is 22.9. The van der Waals surface area contributed by atoms with Crippen LogP contribution in [0.3, 0.4) is 0 Å². The second-order valence-corrected chi connectivity index (χ2v) is 25.9. The van der Waals surface area contributed by atoms with Crippen LogP contribution < -0.4 is 0 Å². The highest BCUT2D eigenvalue weighted by atomic mass is 16.7. The normalized spacial score (nSPS) is 13.3. The molecule has 0 fully saturated rings. The van der Waals surface area contributed by atoms with Crippen molar-refractivity contribution < 1.29 is 42.9 Å². The average Bonchev–Trinajstić information content (AvgIpc) is 3.64. The van der Waals surface area contributed by atoms with E-state index in [9.17, 15) is 19.5 Å². The van der Waals surface area contributed by atoms with Gasteiger partial charge in [-0.2, -0.15) is 0 Å². The molecule has 0 saturated carbocycles. The minimum atomic E-state index is -1.53. The van der Waals surface area contributed by atoms with Crippen molar-refractivity contribution in [2.24, 2.45) is 0 Å². The third kappa shape index (κ3) is 71.3. The van der Waals surface area contributed by atoms with E-state index in [0.717, 1.165) is 89.9 Å². The number of ether oxygens (including phenoxy) is 4. The molecule has 0 aromatic carbocycles. The van der Waals surface area contributed by atoms with Gasteiger partial charge in [-0.3, -0.25) is 9.59 Å². The Morgan fingerprint density at radius 3 is 0.966 bits per heavy atom. The van der Waals surface area contributed by atoms with Crippen LogP contribution in [0.25, 0.3) is 0 Å². The van der Waals surface area contributed by atoms with Crippen LogP contribution in [0.5, 0.6) is 0 Å². The lowest BCUT2D eigenvalue weighted by Gasteiger charge is -2.25. The van der Waals surface area contributed by atoms with Gasteiger partial charge in [-0.05, 0) is 103 Å². The molecule has 0 aromatic rings. The molecule has 0 heterocycles. The standard InChI is InChI=1S/C80H139NO8/c1-6-8-10-12-14-16-18-20-22-24-26-28-30-32-33-34-35-36-37-38-39-40-41-42-43-44-45-47-48-50-52-54-56-58-60-62-64-66-68-70-77(82)87-74-76(75-88-80(79(84)85)86-73-72-81(3,4)5)89-78(83)71-69-67-65-63-61-59-57-55-53-51-49-46-31-29-27-25-23-21-19-17-15-13-11-9-7-2/h9,11,15,17-18,20-21,23-24,26-27,29,46,49,53,55,59,61,76,80H,6-8,10,12-14,16,19,22,25,28,30-45,47-48,50-52,54,56-58,60,62-75H2,1-5H3/p+1/b11-9-,17-15-,20-18-,23-21-,26-24-,29-27-,49-46-,55-53-,61-59-. The van der Waals surface area contributed by atoms with E-state index in [1.165, 1.54) is 199 Å². The number of hydrogen-bond acceptors (Lipinski definition) is 7. The molecular formula is C80H140NO8+. The summed E-state index contributed by atoms with van der Waals surface area (Å²) in [7, 11) is 5.96. The van der Waals surface area contributed by atoms with Gasteiger partial charge in [0.15, 0.2) is 6.10 Å². The lowest BCUT2D eigenvalue weighted by atomic mass is 10.0. The number of rotatable bonds is 68. The number of nitrogens with zero attached hydrogens (tertiary/aromatic N) is 1. The first-order valence-corrected chi connectivity index (χ1v) is 37.1. The maximum atomic E-state index is 12.9. The summed E-state index contributed by atoms with van der Waals surface area (Å²) in [5, 5.41) is 9.75. The second-order valence-electron chi connectivity index (χ2n) is 25.9. The van der Waals surface area contributed by atoms with Gasteiger partial charge in [0, 0.05) is 12.8 Å². The molecule has 0 amide bonds. The van der Waals surface area contributed by atoms with Crippen LogP contribution in [0.4, 0.5) is 0 Å². The van der Waals surface area contributed by atoms with Crippen molar-refractivity contribution in [1.82, 2.24) is 0 Å². The predicted molar refractivity (Wildman–Crippen MR) is 382 cm³/mol. The van der Waals surface area contributed by atoms with E-state index >= 15 is 0 Å². The van der Waals surface area contributed by atoms with E-state index in [0.29, 0.717) is 23.9 Å². The van der Waals surface area contributed by atoms with Crippen molar-refractivity contribution in [2.45, 2.75) is 334 Å². The van der Waals surface area contributed by atoms with Gasteiger partial charge in [-0.1, -0.05) is 316 Å². The molecule has 9 nitrogen and oxygen atoms in total. The number of carboxylic acid groups (broad SMARTS) is 1. The van der Waals surface area contributed by atoms with Gasteiger partial charge in [0.2, 0.25) is 0 Å². The molecule has 2 atom stereocenters. The number of carbonyl (C=O) groups is 3. The van der Waals surface area contributed by atoms with E-state index in [1.807, 2.05) is 21.1 Å². The summed E-state index contributed by atoms with van der Waals surface area (Å²) in [6.45, 7) is 4.74. The van der Waals surface area contributed by atoms with Crippen LogP contribution in [-0.4, -0.2) is 87.4 Å². The van der Waals surface area contributed by atoms with E-state index in [4.69, 9.17) is 18.9 Å². The van der Waals surface area contributed by atoms with Gasteiger partial charge in [-0.15, -0.1) is 0 Å². The molecule has 0 aromatic heterocycles. The number of quaternary nitrogens is 1. The van der Waals surface area contributed by atoms with E-state index in [-0.39, 0.29) is 32.2 Å². The van der Waals surface area contributed by atoms with Gasteiger partial charge in [0.25, 0.3) is 6.29 Å². The summed E-state index contributed by atoms with van der Waals surface area (Å²) in [5.74, 6) is -2.05. The van der Waals surface area contributed by atoms with Crippen molar-refractivity contribution in [3.63, 3.8) is 0 Å². The fourth-order valence-electron chi connectivity index (χ4n) is 10.4. The van der Waals surface area contributed by atoms with Gasteiger partial charge >= 0.3 is 17.9 Å². The Hall–Kier alpha value is -4.05. The van der Waals surface area contributed by atoms with Gasteiger partial charge in [-0.25, -0.2) is 4.79 Å². The minimum absolute atomic E-state index is 0.177. The lowest BCUT2D eigenvalue weighted by Crippen LogP contribution is -2.40. The first-order chi connectivity index (χ1) is 43.6. The highest BCUT2D eigenvalue weighted by molar-refractivity contribution is 5.71. The summed E-state index contributed by atoms with van der Waals surface area (Å²) in [6.07, 6.45) is 95.2. The Bertz CT molecular complexity index is 1830. The molecule has 0 rings (SSSR count). The number of likely N-dealkylation sites (N-methyl/N-ethyl adjacent to an activating group) is 1. The Morgan fingerprint density at radius 2 is 0.640 bits per heavy atom. The fraction of sp³-hybridized carbons (Fsp3) is 0.738. The summed E-state index contributed by atoms with van der Waals surface area (Å²) in [4.78, 5) is 37.6. The van der Waals surface area contributed by atoms with Crippen LogP contribution >= 0.6 is 0 Å². The molecule has 0 aliphatic heterocycles. The largest absolute Gasteiger partial charge is 0.477 e. The molecule has 1 N–H and O–H groups in total. The molecule has 0 bridgehead atoms. The number of carboxylic acids is 1. The van der Waals surface area contributed by atoms with Crippen LogP contribution in [0, 0.1) is 0 Å². The smallest absolute Gasteiger partial charge is 0.361 e. The van der Waals surface area contributed by atoms with Crippen molar-refractivity contribution in [1.29, 1.82) is 0 Å². The number of unbranched alkanes of at least 4 members (excludes halogenated alkanes) is 35. The number of carbonyl (C=O) groups excluding carboxylic acids is 2. The molecule has 0 aliphatic carbocycles. The number of esters is 2. The highest BCUT2D eigenvalue weighted by Gasteiger charge is 2.25. The zero-order valence-corrected chi connectivity index (χ0v) is 58.6. The van der Waals surface area contributed by atoms with Crippen LogP contribution in [0.1, 0.15) is 322 Å². The molecule has 2 unspecified atom stereocenters. The highest BCUT2D eigenvalue weighted by Crippen LogP contribution is 2.18. The topological polar surface area (TPSA) is 108 Å². The predicted octanol–water partition coefficient (Wildman–Crippen LogP) is 23.4. The van der Waals surface area contributed by atoms with E-state index in [2.05, 4.69) is 123 Å². The summed E-state index contributed by atoms with van der Waals surface area (Å²) >= 11 is 0. The Balaban J connectivity index is 4.05. The first-order valence-electron chi connectivity index (χ1n) is 37.1. The Kier molecular flexibility index (Phi) is 66.7. The van der Waals surface area contributed by atoms with E-state index in [1.54, 1.807) is 0 Å². The molecular weight excluding hydrogens is 1100 g/mol. The molecule has 0 saturated heterocycles. The first kappa shape index (κ1) is 85.0. The van der Waals surface area contributed by atoms with Gasteiger partial charge in [0.1, 0.15) is 13.2 Å². The minimum Gasteiger partial charge on any atom is -0.477 e. The quantitative estimate of drug-likeness (QED) is 0.0211. The van der Waals surface area contributed by atoms with E-state index < -0.39 is 24.3 Å². The number of aliphatic carboxylic acids is 1. The molecule has 0 radical (unpaired) electrons. The monoisotopic (exact) mass is 1240 g/mol. The third-order valence-corrected chi connectivity index (χ3v) is 16.0. The van der Waals surface area contributed by atoms with Crippen molar-refractivity contribution >= 4 is 17.9 Å². The molecule has 89 heavy (non-hydrogen) atoms. The Labute approximate surface area is 549 Å². The van der Waals surface area contributed by atoms with Crippen LogP contribution in [-0.2, 0) is 33.3 Å². The molecule has 512 valence electrons. The van der Waals surface area contributed by atoms with Gasteiger partial charge in [0.05, 0.1) is 34.4 Å². The second kappa shape index (κ2) is 69.8. The molecule has 9 heteroatoms. The summed E-state index contributed by atoms with van der Waals surface area (Å²) in [6, 6.07) is 0. The lowest BCUT2D eigenvalue weighted by molar-refractivity contribution is -0.870. The third-order valence-electron chi connectivity index (χ3n) is 16.0. The SMILES string of the molecule is CC/C=C\C/C=C\C/C=C\C/C=C\C/C=C\C/C=C\C/C=C\CCCCCC(=O)OC(COC(=O)CCCCCCCCCCCCCCCCCCCCCCCCCCCCC/C=C\C/C=C\CCCCCCC)COC(OCC[N+](C)(C)C)C(=O)O. The van der Waals surface area contributed by atoms with Gasteiger partial charge < -0.3 is 28.5 Å². The molecule has 0 spiro atoms. The molecule has 0 aliphatic rings. The summed E-state index contributed by atoms with van der Waals surface area (Å²) in [5.41, 5.74) is 0. The van der Waals surface area contributed by atoms with Crippen LogP contribution in [0.15, 0.2) is 109 Å². The zero-order chi connectivity index (χ0) is 64.7. The Morgan fingerprint density at radius 1 is 0.348 bits per heavy atom. The van der Waals surface area contributed by atoms with Crippen molar-refractivity contribution in [3.05, 3.63) is 109 Å². The zero-order valence-electron chi connectivity index (χ0n) is 58.6. The number of hydrogen-bond donors (Lipinski definition) is 1. The maximum absolute atomic E-state index is 12.9. The number of allylic oxidation sites excluding steroid dienone is 18.